The molecule has 0 unspecified atom stereocenters. The average Bonchev–Trinajstić information content (AvgIpc) is 3.75. The van der Waals surface area contributed by atoms with Crippen LogP contribution < -0.4 is 0 Å². The molecule has 0 amide bonds. The second-order valence-corrected chi connectivity index (χ2v) is 11.4. The lowest BCUT2D eigenvalue weighted by Gasteiger charge is -2.12. The molecule has 0 spiro atoms. The van der Waals surface area contributed by atoms with E-state index in [0.29, 0.717) is 0 Å². The molecule has 0 aliphatic heterocycles. The first-order chi connectivity index (χ1) is 21.3. The fraction of sp³-hybridized carbons (Fsp3) is 0. The van der Waals surface area contributed by atoms with Crippen molar-refractivity contribution in [1.29, 1.82) is 0 Å². The first kappa shape index (κ1) is 22.8. The van der Waals surface area contributed by atoms with E-state index in [9.17, 15) is 0 Å². The lowest BCUT2D eigenvalue weighted by Crippen LogP contribution is -1.97. The van der Waals surface area contributed by atoms with Crippen LogP contribution in [-0.2, 0) is 0 Å². The van der Waals surface area contributed by atoms with Gasteiger partial charge in [-0.15, -0.1) is 0 Å². The standard InChI is InChI=1S/C40H25N3/c1-2-10-28(11-3-1)41-24-23-33-37(41)25-27-18-17-26-9-8-16-36-38(26)39(27)40(33)43(36)30-21-19-29(20-22-30)42-34-14-6-4-12-31(34)32-13-5-7-15-35(32)42/h1-25H. The molecule has 0 saturated carbocycles. The van der Waals surface area contributed by atoms with Gasteiger partial charge in [-0.2, -0.15) is 0 Å². The van der Waals surface area contributed by atoms with Gasteiger partial charge in [-0.3, -0.25) is 0 Å². The Labute approximate surface area is 247 Å². The summed E-state index contributed by atoms with van der Waals surface area (Å²) in [5.41, 5.74) is 9.66. The summed E-state index contributed by atoms with van der Waals surface area (Å²) < 4.78 is 7.16. The van der Waals surface area contributed by atoms with Gasteiger partial charge in [0.1, 0.15) is 0 Å². The van der Waals surface area contributed by atoms with E-state index >= 15 is 0 Å². The van der Waals surface area contributed by atoms with Crippen LogP contribution in [0.2, 0.25) is 0 Å². The highest BCUT2D eigenvalue weighted by Crippen LogP contribution is 2.43. The molecule has 0 aliphatic carbocycles. The summed E-state index contributed by atoms with van der Waals surface area (Å²) in [6.45, 7) is 0. The summed E-state index contributed by atoms with van der Waals surface area (Å²) in [5, 5.41) is 9.02. The van der Waals surface area contributed by atoms with Crippen LogP contribution in [0.4, 0.5) is 0 Å². The topological polar surface area (TPSA) is 14.8 Å². The van der Waals surface area contributed by atoms with Crippen molar-refractivity contribution in [3.63, 3.8) is 0 Å². The molecule has 3 heteroatoms. The molecule has 7 aromatic carbocycles. The number of para-hydroxylation sites is 3. The van der Waals surface area contributed by atoms with Crippen molar-refractivity contribution in [3.8, 4) is 17.1 Å². The van der Waals surface area contributed by atoms with Gasteiger partial charge in [0.15, 0.2) is 0 Å². The predicted molar refractivity (Wildman–Crippen MR) is 181 cm³/mol. The van der Waals surface area contributed by atoms with Gasteiger partial charge >= 0.3 is 0 Å². The molecule has 200 valence electrons. The Balaban J connectivity index is 1.26. The number of fused-ring (bicyclic) bond motifs is 5. The lowest BCUT2D eigenvalue weighted by atomic mass is 10.0. The highest BCUT2D eigenvalue weighted by atomic mass is 15.0. The Morgan fingerprint density at radius 2 is 0.977 bits per heavy atom. The van der Waals surface area contributed by atoms with Gasteiger partial charge < -0.3 is 13.7 Å². The van der Waals surface area contributed by atoms with Crippen LogP contribution >= 0.6 is 0 Å². The normalized spacial score (nSPS) is 12.2. The third kappa shape index (κ3) is 3.03. The largest absolute Gasteiger partial charge is 0.316 e. The van der Waals surface area contributed by atoms with Crippen LogP contribution in [-0.4, -0.2) is 13.7 Å². The number of rotatable bonds is 3. The van der Waals surface area contributed by atoms with Crippen molar-refractivity contribution < 1.29 is 0 Å². The van der Waals surface area contributed by atoms with E-state index in [-0.39, 0.29) is 0 Å². The Morgan fingerprint density at radius 1 is 0.349 bits per heavy atom. The number of hydrogen-bond donors (Lipinski definition) is 0. The van der Waals surface area contributed by atoms with Crippen molar-refractivity contribution in [2.75, 3.05) is 0 Å². The monoisotopic (exact) mass is 547 g/mol. The SMILES string of the molecule is c1ccc(-n2ccc3c2cc2ccc4cccc5c4c2c3n5-c2ccc(-n3c4ccccc4c4ccccc43)cc2)cc1. The maximum atomic E-state index is 2.47. The molecule has 0 atom stereocenters. The zero-order valence-corrected chi connectivity index (χ0v) is 23.3. The van der Waals surface area contributed by atoms with E-state index in [0.717, 1.165) is 11.4 Å². The predicted octanol–water partition coefficient (Wildman–Crippen LogP) is 10.4. The highest BCUT2D eigenvalue weighted by molar-refractivity contribution is 6.30. The Hall–Kier alpha value is -5.80. The van der Waals surface area contributed by atoms with Gasteiger partial charge in [0.2, 0.25) is 0 Å². The molecule has 3 nitrogen and oxygen atoms in total. The van der Waals surface area contributed by atoms with Crippen molar-refractivity contribution in [1.82, 2.24) is 13.7 Å². The summed E-state index contributed by atoms with van der Waals surface area (Å²) in [6.07, 6.45) is 2.21. The molecule has 0 bridgehead atoms. The van der Waals surface area contributed by atoms with Crippen LogP contribution in [0, 0.1) is 0 Å². The zero-order chi connectivity index (χ0) is 28.1. The highest BCUT2D eigenvalue weighted by Gasteiger charge is 2.21. The van der Waals surface area contributed by atoms with E-state index in [1.807, 2.05) is 0 Å². The van der Waals surface area contributed by atoms with Crippen LogP contribution in [0.1, 0.15) is 0 Å². The fourth-order valence-electron chi connectivity index (χ4n) is 7.40. The van der Waals surface area contributed by atoms with E-state index in [2.05, 4.69) is 165 Å². The molecule has 3 aromatic heterocycles. The van der Waals surface area contributed by atoms with E-state index in [1.54, 1.807) is 0 Å². The minimum atomic E-state index is 1.16. The molecule has 0 aliphatic rings. The first-order valence-electron chi connectivity index (χ1n) is 14.8. The van der Waals surface area contributed by atoms with E-state index in [1.165, 1.54) is 71.0 Å². The molecule has 0 saturated heterocycles. The van der Waals surface area contributed by atoms with E-state index in [4.69, 9.17) is 0 Å². The van der Waals surface area contributed by atoms with Gasteiger partial charge in [-0.05, 0) is 77.5 Å². The second kappa shape index (κ2) is 8.37. The first-order valence-corrected chi connectivity index (χ1v) is 14.8. The molecule has 43 heavy (non-hydrogen) atoms. The maximum absolute atomic E-state index is 2.47. The van der Waals surface area contributed by atoms with Crippen molar-refractivity contribution in [2.24, 2.45) is 0 Å². The maximum Gasteiger partial charge on any atom is 0.0641 e. The average molecular weight is 548 g/mol. The summed E-state index contributed by atoms with van der Waals surface area (Å²) in [4.78, 5) is 0. The number of hydrogen-bond acceptors (Lipinski definition) is 0. The molecule has 3 heterocycles. The van der Waals surface area contributed by atoms with Crippen molar-refractivity contribution >= 4 is 65.3 Å². The molecule has 0 radical (unpaired) electrons. The molecular formula is C40H25N3. The Bertz CT molecular complexity index is 2590. The number of nitrogens with zero attached hydrogens (tertiary/aromatic N) is 3. The fourth-order valence-corrected chi connectivity index (χ4v) is 7.40. The smallest absolute Gasteiger partial charge is 0.0641 e. The quantitative estimate of drug-likeness (QED) is 0.196. The van der Waals surface area contributed by atoms with Crippen molar-refractivity contribution in [2.45, 2.75) is 0 Å². The summed E-state index contributed by atoms with van der Waals surface area (Å²) in [6, 6.07) is 53.0. The van der Waals surface area contributed by atoms with Gasteiger partial charge in [0.05, 0.1) is 27.6 Å². The van der Waals surface area contributed by atoms with Gasteiger partial charge in [0, 0.05) is 50.2 Å². The minimum Gasteiger partial charge on any atom is -0.316 e. The molecule has 0 N–H and O–H groups in total. The number of benzene rings is 7. The van der Waals surface area contributed by atoms with Crippen LogP contribution in [0.25, 0.3) is 82.3 Å². The van der Waals surface area contributed by atoms with Gasteiger partial charge in [-0.1, -0.05) is 78.9 Å². The zero-order valence-electron chi connectivity index (χ0n) is 23.3. The van der Waals surface area contributed by atoms with Gasteiger partial charge in [0.25, 0.3) is 0 Å². The third-order valence-electron chi connectivity index (χ3n) is 9.21. The molecule has 10 rings (SSSR count). The van der Waals surface area contributed by atoms with E-state index < -0.39 is 0 Å². The van der Waals surface area contributed by atoms with Crippen LogP contribution in [0.15, 0.2) is 152 Å². The second-order valence-electron chi connectivity index (χ2n) is 11.4. The lowest BCUT2D eigenvalue weighted by molar-refractivity contribution is 1.13. The summed E-state index contributed by atoms with van der Waals surface area (Å²) >= 11 is 0. The summed E-state index contributed by atoms with van der Waals surface area (Å²) in [5.74, 6) is 0. The summed E-state index contributed by atoms with van der Waals surface area (Å²) in [7, 11) is 0. The Morgan fingerprint density at radius 3 is 1.72 bits per heavy atom. The van der Waals surface area contributed by atoms with Crippen LogP contribution in [0.3, 0.4) is 0 Å². The van der Waals surface area contributed by atoms with Gasteiger partial charge in [-0.25, -0.2) is 0 Å². The van der Waals surface area contributed by atoms with Crippen molar-refractivity contribution in [3.05, 3.63) is 152 Å². The molecular weight excluding hydrogens is 522 g/mol. The molecule has 10 aromatic rings. The Kier molecular flexibility index (Phi) is 4.45. The number of aromatic nitrogens is 3. The van der Waals surface area contributed by atoms with Crippen LogP contribution in [0.5, 0.6) is 0 Å². The molecule has 0 fully saturated rings. The third-order valence-corrected chi connectivity index (χ3v) is 9.21. The minimum absolute atomic E-state index is 1.16.